The van der Waals surface area contributed by atoms with Gasteiger partial charge < -0.3 is 19.1 Å². The highest BCUT2D eigenvalue weighted by atomic mass is 16.5. The van der Waals surface area contributed by atoms with Crippen molar-refractivity contribution in [3.63, 3.8) is 0 Å². The number of rotatable bonds is 21. The van der Waals surface area contributed by atoms with E-state index in [1.165, 1.54) is 81.8 Å². The quantitative estimate of drug-likeness (QED) is 0.189. The van der Waals surface area contributed by atoms with Gasteiger partial charge in [-0.25, -0.2) is 4.79 Å². The second kappa shape index (κ2) is 18.0. The van der Waals surface area contributed by atoms with Crippen LogP contribution in [0.5, 0.6) is 0 Å². The molecule has 5 heteroatoms. The second-order valence-electron chi connectivity index (χ2n) is 9.62. The minimum Gasteiger partial charge on any atom is -0.477 e. The van der Waals surface area contributed by atoms with Crippen molar-refractivity contribution in [2.24, 2.45) is 0 Å². The zero-order valence-corrected chi connectivity index (χ0v) is 20.9. The maximum atomic E-state index is 10.8. The predicted octanol–water partition coefficient (Wildman–Crippen LogP) is 5.84. The van der Waals surface area contributed by atoms with Crippen molar-refractivity contribution in [2.75, 3.05) is 47.0 Å². The Morgan fingerprint density at radius 2 is 1.31 bits per heavy atom. The van der Waals surface area contributed by atoms with E-state index in [-0.39, 0.29) is 6.54 Å². The molecule has 1 aromatic carbocycles. The van der Waals surface area contributed by atoms with E-state index < -0.39 is 5.97 Å². The first-order valence-electron chi connectivity index (χ1n) is 12.7. The van der Waals surface area contributed by atoms with Crippen LogP contribution in [0.25, 0.3) is 0 Å². The molecule has 0 saturated carbocycles. The molecule has 0 saturated heterocycles. The van der Waals surface area contributed by atoms with Crippen molar-refractivity contribution in [2.45, 2.75) is 84.2 Å². The van der Waals surface area contributed by atoms with Crippen LogP contribution >= 0.6 is 0 Å². The van der Waals surface area contributed by atoms with Crippen molar-refractivity contribution >= 4 is 5.97 Å². The van der Waals surface area contributed by atoms with E-state index in [1.54, 1.807) is 0 Å². The molecule has 0 amide bonds. The third kappa shape index (κ3) is 16.2. The molecule has 0 radical (unpaired) electrons. The maximum absolute atomic E-state index is 10.8. The van der Waals surface area contributed by atoms with E-state index in [0.717, 1.165) is 0 Å². The molecular weight excluding hydrogens is 402 g/mol. The van der Waals surface area contributed by atoms with E-state index >= 15 is 0 Å². The lowest BCUT2D eigenvalue weighted by Crippen LogP contribution is -2.46. The Morgan fingerprint density at radius 1 is 0.781 bits per heavy atom. The maximum Gasteiger partial charge on any atom is 0.359 e. The van der Waals surface area contributed by atoms with Crippen LogP contribution in [0.1, 0.15) is 82.3 Å². The molecule has 184 valence electrons. The van der Waals surface area contributed by atoms with Crippen molar-refractivity contribution < 1.29 is 23.9 Å². The summed E-state index contributed by atoms with van der Waals surface area (Å²) >= 11 is 0. The lowest BCUT2D eigenvalue weighted by Gasteiger charge is -2.27. The molecule has 0 aliphatic heterocycles. The Balaban J connectivity index is 2.00. The van der Waals surface area contributed by atoms with Crippen molar-refractivity contribution in [1.29, 1.82) is 0 Å². The molecule has 0 heterocycles. The number of benzene rings is 1. The molecule has 5 nitrogen and oxygen atoms in total. The summed E-state index contributed by atoms with van der Waals surface area (Å²) in [5.41, 5.74) is 2.61. The molecule has 0 aliphatic rings. The van der Waals surface area contributed by atoms with Crippen molar-refractivity contribution in [1.82, 2.24) is 0 Å². The molecule has 1 aromatic rings. The minimum atomic E-state index is -0.784. The molecule has 0 aromatic heterocycles. The number of aryl methyl sites for hydroxylation is 1. The van der Waals surface area contributed by atoms with Gasteiger partial charge in [0.1, 0.15) is 6.54 Å². The molecule has 1 N–H and O–H groups in total. The molecule has 32 heavy (non-hydrogen) atoms. The highest BCUT2D eigenvalue weighted by molar-refractivity contribution is 5.67. The number of likely N-dealkylation sites (N-methyl/N-ethyl adjacent to an activating group) is 1. The average molecular weight is 451 g/mol. The first kappa shape index (κ1) is 28.6. The number of hydrogen-bond donors (Lipinski definition) is 1. The van der Waals surface area contributed by atoms with Crippen LogP contribution in [0.2, 0.25) is 0 Å². The minimum absolute atomic E-state index is 0.106. The van der Waals surface area contributed by atoms with Gasteiger partial charge in [-0.2, -0.15) is 0 Å². The summed E-state index contributed by atoms with van der Waals surface area (Å²) in [6, 6.07) is 8.79. The molecular formula is C27H48NO4+. The molecule has 0 unspecified atom stereocenters. The normalized spacial score (nSPS) is 11.7. The van der Waals surface area contributed by atoms with Crippen LogP contribution in [0.15, 0.2) is 24.3 Å². The van der Waals surface area contributed by atoms with Gasteiger partial charge >= 0.3 is 5.97 Å². The first-order chi connectivity index (χ1) is 15.4. The Labute approximate surface area is 196 Å². The van der Waals surface area contributed by atoms with E-state index in [4.69, 9.17) is 14.6 Å². The topological polar surface area (TPSA) is 55.8 Å². The van der Waals surface area contributed by atoms with Gasteiger partial charge in [-0.05, 0) is 24.0 Å². The van der Waals surface area contributed by atoms with Gasteiger partial charge in [0, 0.05) is 0 Å². The number of nitrogens with zero attached hydrogens (tertiary/aromatic N) is 1. The smallest absolute Gasteiger partial charge is 0.359 e. The lowest BCUT2D eigenvalue weighted by atomic mass is 10.0. The van der Waals surface area contributed by atoms with Gasteiger partial charge in [0.25, 0.3) is 0 Å². The SMILES string of the molecule is CCCCCCCCCCCCc1ccc(COCCOCC[N+](C)(C)CC(=O)O)cc1. The fourth-order valence-corrected chi connectivity index (χ4v) is 3.79. The third-order valence-corrected chi connectivity index (χ3v) is 5.89. The van der Waals surface area contributed by atoms with E-state index in [9.17, 15) is 4.79 Å². The molecule has 0 fully saturated rings. The third-order valence-electron chi connectivity index (χ3n) is 5.89. The lowest BCUT2D eigenvalue weighted by molar-refractivity contribution is -0.883. The summed E-state index contributed by atoms with van der Waals surface area (Å²) in [7, 11) is 3.79. The van der Waals surface area contributed by atoms with Gasteiger partial charge in [0.05, 0.1) is 40.5 Å². The monoisotopic (exact) mass is 450 g/mol. The summed E-state index contributed by atoms with van der Waals surface area (Å²) < 4.78 is 11.7. The number of unbranched alkanes of at least 4 members (excludes halogenated alkanes) is 9. The van der Waals surface area contributed by atoms with Crippen molar-refractivity contribution in [3.05, 3.63) is 35.4 Å². The largest absolute Gasteiger partial charge is 0.477 e. The van der Waals surface area contributed by atoms with Gasteiger partial charge in [-0.15, -0.1) is 0 Å². The summed E-state index contributed by atoms with van der Waals surface area (Å²) in [4.78, 5) is 10.8. The number of carboxylic acid groups (broad SMARTS) is 1. The fraction of sp³-hybridized carbons (Fsp3) is 0.741. The standard InChI is InChI=1S/C27H47NO4/c1-4-5-6-7-8-9-10-11-12-13-14-25-15-17-26(18-16-25)24-32-22-21-31-20-19-28(2,3)23-27(29)30/h15-18H,4-14,19-24H2,1-3H3/p+1. The second-order valence-corrected chi connectivity index (χ2v) is 9.62. The zero-order chi connectivity index (χ0) is 23.5. The summed E-state index contributed by atoms with van der Waals surface area (Å²) in [5, 5.41) is 8.88. The Morgan fingerprint density at radius 3 is 1.91 bits per heavy atom. The summed E-state index contributed by atoms with van der Waals surface area (Å²) in [6.07, 6.45) is 14.9. The number of hydrogen-bond acceptors (Lipinski definition) is 3. The Kier molecular flexibility index (Phi) is 16.1. The van der Waals surface area contributed by atoms with Crippen LogP contribution in [0.4, 0.5) is 0 Å². The van der Waals surface area contributed by atoms with E-state index in [0.29, 0.717) is 37.5 Å². The Bertz CT molecular complexity index is 586. The number of carbonyl (C=O) groups is 1. The van der Waals surface area contributed by atoms with Crippen LogP contribution in [0.3, 0.4) is 0 Å². The summed E-state index contributed by atoms with van der Waals surface area (Å²) in [6.45, 7) is 5.27. The van der Waals surface area contributed by atoms with Crippen LogP contribution in [0, 0.1) is 0 Å². The number of carboxylic acids is 1. The number of aliphatic carboxylic acids is 1. The van der Waals surface area contributed by atoms with Crippen LogP contribution < -0.4 is 0 Å². The number of ether oxygens (including phenoxy) is 2. The zero-order valence-electron chi connectivity index (χ0n) is 20.9. The van der Waals surface area contributed by atoms with Gasteiger partial charge in [-0.3, -0.25) is 0 Å². The Hall–Kier alpha value is -1.43. The molecule has 0 bridgehead atoms. The highest BCUT2D eigenvalue weighted by Gasteiger charge is 2.18. The first-order valence-corrected chi connectivity index (χ1v) is 12.7. The van der Waals surface area contributed by atoms with Crippen LogP contribution in [-0.4, -0.2) is 62.6 Å². The molecule has 0 atom stereocenters. The van der Waals surface area contributed by atoms with Crippen LogP contribution in [-0.2, 0) is 27.3 Å². The molecule has 0 aliphatic carbocycles. The van der Waals surface area contributed by atoms with Gasteiger partial charge in [0.2, 0.25) is 0 Å². The average Bonchev–Trinajstić information content (AvgIpc) is 2.74. The number of quaternary nitrogens is 1. The van der Waals surface area contributed by atoms with Crippen molar-refractivity contribution in [3.8, 4) is 0 Å². The fourth-order valence-electron chi connectivity index (χ4n) is 3.79. The van der Waals surface area contributed by atoms with Gasteiger partial charge in [-0.1, -0.05) is 89.0 Å². The molecule has 1 rings (SSSR count). The molecule has 0 spiro atoms. The highest BCUT2D eigenvalue weighted by Crippen LogP contribution is 2.13. The van der Waals surface area contributed by atoms with E-state index in [2.05, 4.69) is 31.2 Å². The van der Waals surface area contributed by atoms with E-state index in [1.807, 2.05) is 14.1 Å². The van der Waals surface area contributed by atoms with Gasteiger partial charge in [0.15, 0.2) is 6.54 Å². The summed E-state index contributed by atoms with van der Waals surface area (Å²) in [5.74, 6) is -0.784. The predicted molar refractivity (Wildman–Crippen MR) is 132 cm³/mol.